The van der Waals surface area contributed by atoms with Crippen molar-refractivity contribution in [3.63, 3.8) is 0 Å². The monoisotopic (exact) mass is 247 g/mol. The molecule has 0 rings (SSSR count). The molecule has 0 aliphatic heterocycles. The van der Waals surface area contributed by atoms with Gasteiger partial charge in [-0.2, -0.15) is 0 Å². The van der Waals surface area contributed by atoms with Crippen LogP contribution in [0.3, 0.4) is 0 Å². The highest BCUT2D eigenvalue weighted by Crippen LogP contribution is 2.02. The van der Waals surface area contributed by atoms with Crippen molar-refractivity contribution in [2.75, 3.05) is 34.4 Å². The van der Waals surface area contributed by atoms with Crippen molar-refractivity contribution in [1.82, 2.24) is 4.90 Å². The van der Waals surface area contributed by atoms with Crippen molar-refractivity contribution >= 4 is 15.1 Å². The summed E-state index contributed by atoms with van der Waals surface area (Å²) in [6.45, 7) is 3.69. The number of hydrogen-bond donors (Lipinski definition) is 0. The van der Waals surface area contributed by atoms with Crippen LogP contribution in [0.1, 0.15) is 26.2 Å². The second kappa shape index (κ2) is 9.96. The summed E-state index contributed by atoms with van der Waals surface area (Å²) in [6, 6.07) is 1.05. The summed E-state index contributed by atoms with van der Waals surface area (Å²) >= 11 is 0. The second-order valence-electron chi connectivity index (χ2n) is 4.15. The van der Waals surface area contributed by atoms with Gasteiger partial charge in [0.05, 0.1) is 0 Å². The van der Waals surface area contributed by atoms with Crippen molar-refractivity contribution in [2.45, 2.75) is 32.2 Å². The Kier molecular flexibility index (Phi) is 9.81. The van der Waals surface area contributed by atoms with Crippen LogP contribution < -0.4 is 0 Å². The van der Waals surface area contributed by atoms with E-state index in [1.165, 1.54) is 0 Å². The van der Waals surface area contributed by atoms with Crippen molar-refractivity contribution in [3.8, 4) is 0 Å². The molecule has 0 aromatic carbocycles. The zero-order valence-electron chi connectivity index (χ0n) is 11.0. The molecule has 0 unspecified atom stereocenters. The summed E-state index contributed by atoms with van der Waals surface area (Å²) in [5.74, 6) is 0.277. The first kappa shape index (κ1) is 15.8. The van der Waals surface area contributed by atoms with Crippen LogP contribution in [0.4, 0.5) is 0 Å². The molecule has 0 saturated heterocycles. The van der Waals surface area contributed by atoms with Crippen LogP contribution in [-0.2, 0) is 13.6 Å². The Hall–Kier alpha value is -0.233. The maximum Gasteiger partial charge on any atom is 0.320 e. The van der Waals surface area contributed by atoms with E-state index < -0.39 is 9.28 Å². The van der Waals surface area contributed by atoms with E-state index in [-0.39, 0.29) is 5.78 Å². The first-order chi connectivity index (χ1) is 7.60. The fourth-order valence-corrected chi connectivity index (χ4v) is 2.75. The number of nitrogens with zero attached hydrogens (tertiary/aromatic N) is 1. The molecule has 0 atom stereocenters. The van der Waals surface area contributed by atoms with Gasteiger partial charge in [0.25, 0.3) is 0 Å². The molecular weight excluding hydrogens is 222 g/mol. The van der Waals surface area contributed by atoms with Crippen LogP contribution in [0.5, 0.6) is 0 Å². The Morgan fingerprint density at radius 1 is 1.19 bits per heavy atom. The SMILES string of the molecule is CO[SiH](CCCN(C)CCCC(C)=O)OC. The van der Waals surface area contributed by atoms with E-state index in [2.05, 4.69) is 11.9 Å². The molecule has 4 nitrogen and oxygen atoms in total. The summed E-state index contributed by atoms with van der Waals surface area (Å²) in [7, 11) is 4.16. The van der Waals surface area contributed by atoms with E-state index in [0.717, 1.165) is 32.0 Å². The van der Waals surface area contributed by atoms with Crippen LogP contribution in [0, 0.1) is 0 Å². The quantitative estimate of drug-likeness (QED) is 0.544. The Morgan fingerprint density at radius 3 is 2.25 bits per heavy atom. The number of ketones is 1. The minimum Gasteiger partial charge on any atom is -0.400 e. The number of rotatable bonds is 10. The molecule has 0 aliphatic carbocycles. The van der Waals surface area contributed by atoms with E-state index in [4.69, 9.17) is 8.85 Å². The van der Waals surface area contributed by atoms with E-state index in [1.807, 2.05) is 0 Å². The van der Waals surface area contributed by atoms with Gasteiger partial charge in [0.15, 0.2) is 0 Å². The Bertz CT molecular complexity index is 186. The summed E-state index contributed by atoms with van der Waals surface area (Å²) in [5, 5.41) is 0. The minimum atomic E-state index is -1.38. The maximum absolute atomic E-state index is 10.8. The zero-order valence-corrected chi connectivity index (χ0v) is 12.1. The third-order valence-electron chi connectivity index (χ3n) is 2.57. The molecule has 0 saturated carbocycles. The lowest BCUT2D eigenvalue weighted by atomic mass is 10.2. The Balaban J connectivity index is 3.42. The molecule has 0 amide bonds. The van der Waals surface area contributed by atoms with E-state index in [9.17, 15) is 4.79 Å². The van der Waals surface area contributed by atoms with Gasteiger partial charge in [0.2, 0.25) is 0 Å². The van der Waals surface area contributed by atoms with Crippen LogP contribution in [-0.4, -0.2) is 54.3 Å². The molecule has 0 bridgehead atoms. The fourth-order valence-electron chi connectivity index (χ4n) is 1.57. The third-order valence-corrected chi connectivity index (χ3v) is 4.51. The molecule has 0 aromatic rings. The van der Waals surface area contributed by atoms with E-state index >= 15 is 0 Å². The average molecular weight is 247 g/mol. The number of carbonyl (C=O) groups is 1. The van der Waals surface area contributed by atoms with Crippen molar-refractivity contribution in [2.24, 2.45) is 0 Å². The average Bonchev–Trinajstić information content (AvgIpc) is 2.24. The molecule has 16 heavy (non-hydrogen) atoms. The van der Waals surface area contributed by atoms with Crippen molar-refractivity contribution in [3.05, 3.63) is 0 Å². The summed E-state index contributed by atoms with van der Waals surface area (Å²) < 4.78 is 10.5. The van der Waals surface area contributed by atoms with Gasteiger partial charge in [-0.25, -0.2) is 0 Å². The fraction of sp³-hybridized carbons (Fsp3) is 0.909. The molecule has 5 heteroatoms. The van der Waals surface area contributed by atoms with Crippen molar-refractivity contribution in [1.29, 1.82) is 0 Å². The molecule has 0 N–H and O–H groups in total. The smallest absolute Gasteiger partial charge is 0.320 e. The third kappa shape index (κ3) is 9.03. The predicted octanol–water partition coefficient (Wildman–Crippen LogP) is 1.19. The number of Topliss-reactive ketones (excluding diaryl/α,β-unsaturated/α-hetero) is 1. The lowest BCUT2D eigenvalue weighted by Crippen LogP contribution is -2.24. The van der Waals surface area contributed by atoms with Crippen LogP contribution in [0.25, 0.3) is 0 Å². The topological polar surface area (TPSA) is 38.8 Å². The molecule has 0 heterocycles. The van der Waals surface area contributed by atoms with Gasteiger partial charge >= 0.3 is 9.28 Å². The first-order valence-electron chi connectivity index (χ1n) is 5.83. The van der Waals surface area contributed by atoms with Crippen LogP contribution in [0.2, 0.25) is 6.04 Å². The zero-order chi connectivity index (χ0) is 12.4. The highest BCUT2D eigenvalue weighted by Gasteiger charge is 2.09. The van der Waals surface area contributed by atoms with Gasteiger partial charge < -0.3 is 18.5 Å². The molecule has 0 aliphatic rings. The molecule has 0 fully saturated rings. The summed E-state index contributed by atoms with van der Waals surface area (Å²) in [6.07, 6.45) is 2.76. The van der Waals surface area contributed by atoms with Gasteiger partial charge in [-0.05, 0) is 45.9 Å². The van der Waals surface area contributed by atoms with Crippen molar-refractivity contribution < 1.29 is 13.6 Å². The van der Waals surface area contributed by atoms with Gasteiger partial charge in [-0.1, -0.05) is 0 Å². The van der Waals surface area contributed by atoms with Gasteiger partial charge in [-0.3, -0.25) is 0 Å². The minimum absolute atomic E-state index is 0.277. The van der Waals surface area contributed by atoms with Crippen LogP contribution in [0.15, 0.2) is 0 Å². The Morgan fingerprint density at radius 2 is 1.75 bits per heavy atom. The van der Waals surface area contributed by atoms with Gasteiger partial charge in [0, 0.05) is 20.6 Å². The first-order valence-corrected chi connectivity index (χ1v) is 7.59. The lowest BCUT2D eigenvalue weighted by molar-refractivity contribution is -0.117. The predicted molar refractivity (Wildman–Crippen MR) is 68.0 cm³/mol. The molecule has 0 aromatic heterocycles. The lowest BCUT2D eigenvalue weighted by Gasteiger charge is -2.17. The van der Waals surface area contributed by atoms with E-state index in [0.29, 0.717) is 6.42 Å². The number of hydrogen-bond acceptors (Lipinski definition) is 4. The second-order valence-corrected chi connectivity index (χ2v) is 6.53. The highest BCUT2D eigenvalue weighted by molar-refractivity contribution is 6.44. The number of carbonyl (C=O) groups excluding carboxylic acids is 1. The molecule has 0 radical (unpaired) electrons. The van der Waals surface area contributed by atoms with Gasteiger partial charge in [0.1, 0.15) is 5.78 Å². The standard InChI is InChI=1S/C11H25NO3Si/c1-11(13)7-5-8-12(2)9-6-10-16(14-3)15-4/h16H,5-10H2,1-4H3. The highest BCUT2D eigenvalue weighted by atomic mass is 28.3. The largest absolute Gasteiger partial charge is 0.400 e. The van der Waals surface area contributed by atoms with E-state index in [1.54, 1.807) is 21.1 Å². The normalized spacial score (nSPS) is 11.4. The molecule has 0 spiro atoms. The maximum atomic E-state index is 10.8. The van der Waals surface area contributed by atoms with Crippen LogP contribution >= 0.6 is 0 Å². The van der Waals surface area contributed by atoms with Gasteiger partial charge in [-0.15, -0.1) is 0 Å². The Labute approximate surface area is 101 Å². The summed E-state index contributed by atoms with van der Waals surface area (Å²) in [5.41, 5.74) is 0. The molecular formula is C11H25NO3Si. The summed E-state index contributed by atoms with van der Waals surface area (Å²) in [4.78, 5) is 13.0. The molecule has 96 valence electrons.